The molecule has 0 saturated heterocycles. The molecule has 0 N–H and O–H groups in total. The third-order valence-electron chi connectivity index (χ3n) is 8.65. The van der Waals surface area contributed by atoms with Crippen LogP contribution in [0.1, 0.15) is 11.1 Å². The first kappa shape index (κ1) is 31.1. The topological polar surface area (TPSA) is 38.7 Å². The second-order valence-corrected chi connectivity index (χ2v) is 12.0. The van der Waals surface area contributed by atoms with E-state index in [1.807, 2.05) is 84.9 Å². The van der Waals surface area contributed by atoms with Gasteiger partial charge in [-0.3, -0.25) is 9.20 Å². The maximum atomic E-state index is 13.9. The van der Waals surface area contributed by atoms with Crippen LogP contribution in [-0.4, -0.2) is 9.38 Å². The SMILES string of the molecule is Cc1ccccc1.Cc1ccccc1.[C-]#[N+]c1ccc2nc3c4ccc(-c5ccccc5)c5c(-c6ccccc6)ccc(c(=O)n3c2c1)c54. The zero-order chi connectivity index (χ0) is 33.7. The quantitative estimate of drug-likeness (QED) is 0.178. The van der Waals surface area contributed by atoms with Crippen molar-refractivity contribution in [2.24, 2.45) is 0 Å². The molecule has 0 aliphatic carbocycles. The van der Waals surface area contributed by atoms with E-state index < -0.39 is 0 Å². The highest BCUT2D eigenvalue weighted by molar-refractivity contribution is 6.23. The van der Waals surface area contributed by atoms with Crippen LogP contribution >= 0.6 is 0 Å². The predicted octanol–water partition coefficient (Wildman–Crippen LogP) is 11.5. The highest BCUT2D eigenvalue weighted by atomic mass is 16.1. The molecule has 0 amide bonds. The summed E-state index contributed by atoms with van der Waals surface area (Å²) in [5, 5.41) is 3.54. The molecular weight excluding hydrogens is 599 g/mol. The van der Waals surface area contributed by atoms with Crippen molar-refractivity contribution in [3.63, 3.8) is 0 Å². The number of pyridine rings is 1. The standard InChI is InChI=1S/C31H17N3O.2C7H8/c1-32-21-12-17-26-27(18-21)34-30(33-26)24-15-13-22(19-8-4-2-5-9-19)28-23(20-10-6-3-7-11-20)14-16-25(29(24)28)31(34)35;2*1-7-5-3-2-4-6-7/h2-18H;2*2-6H,1H3. The first-order chi connectivity index (χ1) is 24.0. The van der Waals surface area contributed by atoms with Crippen molar-refractivity contribution in [1.29, 1.82) is 0 Å². The summed E-state index contributed by atoms with van der Waals surface area (Å²) in [6.45, 7) is 11.6. The van der Waals surface area contributed by atoms with E-state index in [1.165, 1.54) is 11.1 Å². The van der Waals surface area contributed by atoms with Crippen molar-refractivity contribution in [3.05, 3.63) is 197 Å². The van der Waals surface area contributed by atoms with Crippen molar-refractivity contribution in [1.82, 2.24) is 9.38 Å². The third kappa shape index (κ3) is 6.14. The normalized spacial score (nSPS) is 10.7. The molecule has 234 valence electrons. The maximum Gasteiger partial charge on any atom is 0.264 e. The molecule has 2 heterocycles. The molecule has 0 fully saturated rings. The summed E-state index contributed by atoms with van der Waals surface area (Å²) >= 11 is 0. The number of nitrogens with zero attached hydrogens (tertiary/aromatic N) is 3. The fourth-order valence-corrected chi connectivity index (χ4v) is 6.29. The van der Waals surface area contributed by atoms with Crippen LogP contribution in [0.3, 0.4) is 0 Å². The minimum atomic E-state index is -0.119. The molecular formula is C45H33N3O. The summed E-state index contributed by atoms with van der Waals surface area (Å²) in [4.78, 5) is 22.3. The molecule has 0 spiro atoms. The Morgan fingerprint density at radius 2 is 1.04 bits per heavy atom. The molecule has 4 heteroatoms. The summed E-state index contributed by atoms with van der Waals surface area (Å²) in [6.07, 6.45) is 0. The number of hydrogen-bond donors (Lipinski definition) is 0. The lowest BCUT2D eigenvalue weighted by Gasteiger charge is -2.16. The molecule has 4 nitrogen and oxygen atoms in total. The lowest BCUT2D eigenvalue weighted by Crippen LogP contribution is -2.13. The molecule has 9 aromatic rings. The Morgan fingerprint density at radius 1 is 0.551 bits per heavy atom. The van der Waals surface area contributed by atoms with E-state index in [9.17, 15) is 4.79 Å². The number of hydrogen-bond acceptors (Lipinski definition) is 2. The van der Waals surface area contributed by atoms with Gasteiger partial charge in [-0.1, -0.05) is 151 Å². The van der Waals surface area contributed by atoms with Crippen LogP contribution in [0.2, 0.25) is 0 Å². The molecule has 0 aliphatic rings. The molecule has 2 aromatic heterocycles. The van der Waals surface area contributed by atoms with Gasteiger partial charge in [0.25, 0.3) is 5.56 Å². The summed E-state index contributed by atoms with van der Waals surface area (Å²) < 4.78 is 1.66. The molecule has 0 atom stereocenters. The van der Waals surface area contributed by atoms with E-state index in [-0.39, 0.29) is 5.56 Å². The van der Waals surface area contributed by atoms with E-state index in [1.54, 1.807) is 16.5 Å². The van der Waals surface area contributed by atoms with Crippen molar-refractivity contribution in [2.45, 2.75) is 13.8 Å². The number of benzene rings is 7. The van der Waals surface area contributed by atoms with Gasteiger partial charge in [0, 0.05) is 16.2 Å². The van der Waals surface area contributed by atoms with Gasteiger partial charge >= 0.3 is 0 Å². The zero-order valence-electron chi connectivity index (χ0n) is 27.3. The number of aromatic nitrogens is 2. The van der Waals surface area contributed by atoms with Crippen LogP contribution in [0, 0.1) is 20.4 Å². The van der Waals surface area contributed by atoms with Crippen LogP contribution in [0.15, 0.2) is 169 Å². The van der Waals surface area contributed by atoms with Gasteiger partial charge in [0.05, 0.1) is 17.6 Å². The summed E-state index contributed by atoms with van der Waals surface area (Å²) in [6, 6.07) is 54.6. The Hall–Kier alpha value is -6.57. The van der Waals surface area contributed by atoms with Crippen LogP contribution in [-0.2, 0) is 0 Å². The molecule has 0 bridgehead atoms. The van der Waals surface area contributed by atoms with Gasteiger partial charge in [0.1, 0.15) is 5.65 Å². The van der Waals surface area contributed by atoms with Crippen molar-refractivity contribution in [3.8, 4) is 22.3 Å². The number of rotatable bonds is 2. The van der Waals surface area contributed by atoms with Gasteiger partial charge in [0.2, 0.25) is 0 Å². The Bertz CT molecular complexity index is 2540. The average Bonchev–Trinajstić information content (AvgIpc) is 3.54. The van der Waals surface area contributed by atoms with E-state index in [0.29, 0.717) is 27.8 Å². The Labute approximate surface area is 285 Å². The smallest absolute Gasteiger partial charge is 0.264 e. The molecule has 9 rings (SSSR count). The Morgan fingerprint density at radius 3 is 1.51 bits per heavy atom. The second-order valence-electron chi connectivity index (χ2n) is 12.0. The van der Waals surface area contributed by atoms with Gasteiger partial charge < -0.3 is 0 Å². The van der Waals surface area contributed by atoms with E-state index in [4.69, 9.17) is 11.6 Å². The number of aryl methyl sites for hydroxylation is 2. The molecule has 0 unspecified atom stereocenters. The molecule has 0 saturated carbocycles. The highest BCUT2D eigenvalue weighted by Crippen LogP contribution is 2.41. The second kappa shape index (κ2) is 13.7. The van der Waals surface area contributed by atoms with Crippen LogP contribution in [0.4, 0.5) is 5.69 Å². The minimum absolute atomic E-state index is 0.119. The van der Waals surface area contributed by atoms with Crippen LogP contribution in [0.5, 0.6) is 0 Å². The molecule has 0 radical (unpaired) electrons. The number of imidazole rings is 1. The van der Waals surface area contributed by atoms with Crippen molar-refractivity contribution in [2.75, 3.05) is 0 Å². The lowest BCUT2D eigenvalue weighted by molar-refractivity contribution is 1.19. The summed E-state index contributed by atoms with van der Waals surface area (Å²) in [7, 11) is 0. The molecule has 0 aliphatic heterocycles. The summed E-state index contributed by atoms with van der Waals surface area (Å²) in [5.41, 5.74) is 9.36. The Balaban J connectivity index is 0.000000224. The van der Waals surface area contributed by atoms with Gasteiger partial charge in [-0.15, -0.1) is 0 Å². The Kier molecular flexibility index (Phi) is 8.65. The van der Waals surface area contributed by atoms with Crippen LogP contribution in [0.25, 0.3) is 65.3 Å². The zero-order valence-corrected chi connectivity index (χ0v) is 27.3. The molecule has 49 heavy (non-hydrogen) atoms. The fourth-order valence-electron chi connectivity index (χ4n) is 6.29. The average molecular weight is 632 g/mol. The monoisotopic (exact) mass is 631 g/mol. The van der Waals surface area contributed by atoms with Gasteiger partial charge in [-0.05, 0) is 65.8 Å². The van der Waals surface area contributed by atoms with Crippen molar-refractivity contribution >= 4 is 43.9 Å². The first-order valence-corrected chi connectivity index (χ1v) is 16.2. The van der Waals surface area contributed by atoms with Crippen LogP contribution < -0.4 is 5.56 Å². The first-order valence-electron chi connectivity index (χ1n) is 16.2. The number of fused-ring (bicyclic) bond motifs is 4. The predicted molar refractivity (Wildman–Crippen MR) is 205 cm³/mol. The van der Waals surface area contributed by atoms with Crippen molar-refractivity contribution < 1.29 is 0 Å². The maximum absolute atomic E-state index is 13.9. The van der Waals surface area contributed by atoms with E-state index in [0.717, 1.165) is 38.4 Å². The summed E-state index contributed by atoms with van der Waals surface area (Å²) in [5.74, 6) is 0. The fraction of sp³-hybridized carbons (Fsp3) is 0.0444. The van der Waals surface area contributed by atoms with E-state index >= 15 is 0 Å². The largest absolute Gasteiger partial charge is 0.268 e. The van der Waals surface area contributed by atoms with Gasteiger partial charge in [-0.2, -0.15) is 0 Å². The minimum Gasteiger partial charge on any atom is -0.268 e. The van der Waals surface area contributed by atoms with Gasteiger partial charge in [-0.25, -0.2) is 9.83 Å². The highest BCUT2D eigenvalue weighted by Gasteiger charge is 2.20. The van der Waals surface area contributed by atoms with E-state index in [2.05, 4.69) is 85.4 Å². The lowest BCUT2D eigenvalue weighted by atomic mass is 9.88. The molecule has 7 aromatic carbocycles. The van der Waals surface area contributed by atoms with Gasteiger partial charge in [0.15, 0.2) is 5.69 Å². The third-order valence-corrected chi connectivity index (χ3v) is 8.65.